The van der Waals surface area contributed by atoms with Crippen LogP contribution in [0.15, 0.2) is 54.9 Å². The van der Waals surface area contributed by atoms with Gasteiger partial charge in [-0.15, -0.1) is 0 Å². The van der Waals surface area contributed by atoms with Crippen molar-refractivity contribution in [3.63, 3.8) is 0 Å². The second kappa shape index (κ2) is 9.53. The van der Waals surface area contributed by atoms with Gasteiger partial charge in [-0.05, 0) is 35.9 Å². The van der Waals surface area contributed by atoms with Gasteiger partial charge in [0.2, 0.25) is 11.8 Å². The van der Waals surface area contributed by atoms with Crippen molar-refractivity contribution < 1.29 is 31.8 Å². The third-order valence-electron chi connectivity index (χ3n) is 5.09. The SMILES string of the molecule is O=C(/C=C/c1ccc(F)cc1C(F)(F)F)N1CCOC(COc2ncnc3ccccc23)C1. The number of alkyl halides is 3. The number of hydrogen-bond donors (Lipinski definition) is 0. The number of halogens is 4. The smallest absolute Gasteiger partial charge is 0.417 e. The summed E-state index contributed by atoms with van der Waals surface area (Å²) in [7, 11) is 0. The summed E-state index contributed by atoms with van der Waals surface area (Å²) in [5.41, 5.74) is -0.703. The summed E-state index contributed by atoms with van der Waals surface area (Å²) in [5, 5.41) is 0.742. The Labute approximate surface area is 186 Å². The number of hydrogen-bond acceptors (Lipinski definition) is 5. The Morgan fingerprint density at radius 3 is 2.85 bits per heavy atom. The monoisotopic (exact) mass is 461 g/mol. The molecule has 6 nitrogen and oxygen atoms in total. The molecule has 1 aliphatic rings. The molecule has 1 amide bonds. The number of para-hydroxylation sites is 1. The van der Waals surface area contributed by atoms with E-state index in [0.717, 1.165) is 35.2 Å². The van der Waals surface area contributed by atoms with Crippen LogP contribution in [-0.4, -0.2) is 53.2 Å². The normalized spacial score (nSPS) is 17.0. The summed E-state index contributed by atoms with van der Waals surface area (Å²) in [4.78, 5) is 22.3. The molecule has 4 rings (SSSR count). The first-order valence-corrected chi connectivity index (χ1v) is 10.1. The van der Waals surface area contributed by atoms with Gasteiger partial charge in [0.05, 0.1) is 29.6 Å². The number of ether oxygens (including phenoxy) is 2. The van der Waals surface area contributed by atoms with Gasteiger partial charge in [0.1, 0.15) is 24.9 Å². The van der Waals surface area contributed by atoms with Crippen LogP contribution in [0, 0.1) is 5.82 Å². The fourth-order valence-corrected chi connectivity index (χ4v) is 3.47. The van der Waals surface area contributed by atoms with Gasteiger partial charge in [0.25, 0.3) is 0 Å². The Morgan fingerprint density at radius 1 is 1.21 bits per heavy atom. The Balaban J connectivity index is 1.40. The quantitative estimate of drug-likeness (QED) is 0.423. The molecule has 0 aliphatic carbocycles. The van der Waals surface area contributed by atoms with Gasteiger partial charge in [0.15, 0.2) is 0 Å². The minimum atomic E-state index is -4.74. The summed E-state index contributed by atoms with van der Waals surface area (Å²) in [6.07, 6.45) is -1.70. The molecule has 1 aliphatic heterocycles. The highest BCUT2D eigenvalue weighted by molar-refractivity contribution is 5.92. The lowest BCUT2D eigenvalue weighted by Gasteiger charge is -2.32. The highest BCUT2D eigenvalue weighted by atomic mass is 19.4. The maximum Gasteiger partial charge on any atom is 0.417 e. The van der Waals surface area contributed by atoms with Gasteiger partial charge >= 0.3 is 6.18 Å². The van der Waals surface area contributed by atoms with Crippen LogP contribution in [0.25, 0.3) is 17.0 Å². The maximum absolute atomic E-state index is 13.3. The lowest BCUT2D eigenvalue weighted by atomic mass is 10.1. The van der Waals surface area contributed by atoms with E-state index in [0.29, 0.717) is 11.9 Å². The number of rotatable bonds is 5. The van der Waals surface area contributed by atoms with E-state index in [-0.39, 0.29) is 31.9 Å². The van der Waals surface area contributed by atoms with Crippen molar-refractivity contribution in [3.05, 3.63) is 71.8 Å². The number of carbonyl (C=O) groups is 1. The van der Waals surface area contributed by atoms with Gasteiger partial charge in [-0.3, -0.25) is 4.79 Å². The van der Waals surface area contributed by atoms with E-state index in [9.17, 15) is 22.4 Å². The summed E-state index contributed by atoms with van der Waals surface area (Å²) >= 11 is 0. The molecule has 1 fully saturated rings. The molecule has 0 radical (unpaired) electrons. The van der Waals surface area contributed by atoms with Crippen LogP contribution in [0.3, 0.4) is 0 Å². The summed E-state index contributed by atoms with van der Waals surface area (Å²) in [5.74, 6) is -1.09. The van der Waals surface area contributed by atoms with Crippen molar-refractivity contribution in [2.75, 3.05) is 26.3 Å². The van der Waals surface area contributed by atoms with E-state index in [1.165, 1.54) is 11.2 Å². The number of morpholine rings is 1. The molecule has 0 spiro atoms. The van der Waals surface area contributed by atoms with Crippen molar-refractivity contribution in [1.82, 2.24) is 14.9 Å². The van der Waals surface area contributed by atoms with Crippen LogP contribution >= 0.6 is 0 Å². The van der Waals surface area contributed by atoms with E-state index >= 15 is 0 Å². The minimum absolute atomic E-state index is 0.130. The highest BCUT2D eigenvalue weighted by Gasteiger charge is 2.33. The van der Waals surface area contributed by atoms with Gasteiger partial charge in [0, 0.05) is 12.6 Å². The molecule has 0 N–H and O–H groups in total. The Bertz CT molecular complexity index is 1180. The van der Waals surface area contributed by atoms with Gasteiger partial charge in [-0.1, -0.05) is 18.2 Å². The number of aromatic nitrogens is 2. The van der Waals surface area contributed by atoms with Crippen LogP contribution in [0.5, 0.6) is 5.88 Å². The van der Waals surface area contributed by atoms with Crippen LogP contribution in [0.2, 0.25) is 0 Å². The van der Waals surface area contributed by atoms with Crippen molar-refractivity contribution in [1.29, 1.82) is 0 Å². The Kier molecular flexibility index (Phi) is 6.55. The van der Waals surface area contributed by atoms with Gasteiger partial charge in [-0.2, -0.15) is 13.2 Å². The number of benzene rings is 2. The second-order valence-corrected chi connectivity index (χ2v) is 7.35. The van der Waals surface area contributed by atoms with Crippen LogP contribution in [0.4, 0.5) is 17.6 Å². The van der Waals surface area contributed by atoms with E-state index in [1.807, 2.05) is 24.3 Å². The minimum Gasteiger partial charge on any atom is -0.474 e. The third-order valence-corrected chi connectivity index (χ3v) is 5.09. The molecule has 10 heteroatoms. The lowest BCUT2D eigenvalue weighted by Crippen LogP contribution is -2.47. The van der Waals surface area contributed by atoms with E-state index in [2.05, 4.69) is 9.97 Å². The van der Waals surface area contributed by atoms with Crippen molar-refractivity contribution in [3.8, 4) is 5.88 Å². The topological polar surface area (TPSA) is 64.6 Å². The van der Waals surface area contributed by atoms with Crippen LogP contribution < -0.4 is 4.74 Å². The van der Waals surface area contributed by atoms with Crippen molar-refractivity contribution >= 4 is 22.9 Å². The standard InChI is InChI=1S/C23H19F4N3O3/c24-16-7-5-15(19(11-16)23(25,26)27)6-8-21(31)30-9-10-32-17(12-30)13-33-22-18-3-1-2-4-20(18)28-14-29-22/h1-8,11,14,17H,9-10,12-13H2/b8-6+. The predicted octanol–water partition coefficient (Wildman–Crippen LogP) is 4.11. The first-order valence-electron chi connectivity index (χ1n) is 10.1. The zero-order valence-corrected chi connectivity index (χ0v) is 17.3. The lowest BCUT2D eigenvalue weighted by molar-refractivity contribution is -0.138. The predicted molar refractivity (Wildman–Crippen MR) is 112 cm³/mol. The summed E-state index contributed by atoms with van der Waals surface area (Å²) < 4.78 is 64.1. The zero-order chi connectivity index (χ0) is 23.4. The first-order chi connectivity index (χ1) is 15.8. The number of fused-ring (bicyclic) bond motifs is 1. The van der Waals surface area contributed by atoms with Crippen LogP contribution in [-0.2, 0) is 15.7 Å². The first kappa shape index (κ1) is 22.7. The molecule has 1 saturated heterocycles. The highest BCUT2D eigenvalue weighted by Crippen LogP contribution is 2.33. The molecule has 172 valence electrons. The fraction of sp³-hybridized carbons (Fsp3) is 0.261. The molecule has 2 heterocycles. The van der Waals surface area contributed by atoms with Crippen molar-refractivity contribution in [2.24, 2.45) is 0 Å². The molecule has 0 saturated carbocycles. The second-order valence-electron chi connectivity index (χ2n) is 7.35. The van der Waals surface area contributed by atoms with E-state index in [1.54, 1.807) is 0 Å². The van der Waals surface area contributed by atoms with E-state index in [4.69, 9.17) is 9.47 Å². The molecule has 1 unspecified atom stereocenters. The molecule has 2 aromatic carbocycles. The van der Waals surface area contributed by atoms with Crippen molar-refractivity contribution in [2.45, 2.75) is 12.3 Å². The number of carbonyl (C=O) groups excluding carboxylic acids is 1. The van der Waals surface area contributed by atoms with Crippen LogP contribution in [0.1, 0.15) is 11.1 Å². The van der Waals surface area contributed by atoms with Gasteiger partial charge < -0.3 is 14.4 Å². The Hall–Kier alpha value is -3.53. The molecule has 1 atom stereocenters. The number of nitrogens with zero attached hydrogens (tertiary/aromatic N) is 3. The third kappa shape index (κ3) is 5.46. The summed E-state index contributed by atoms with van der Waals surface area (Å²) in [6.45, 7) is 0.862. The Morgan fingerprint density at radius 2 is 2.03 bits per heavy atom. The molecule has 1 aromatic heterocycles. The van der Waals surface area contributed by atoms with E-state index < -0.39 is 29.6 Å². The summed E-state index contributed by atoms with van der Waals surface area (Å²) in [6, 6.07) is 9.67. The average molecular weight is 461 g/mol. The molecule has 3 aromatic rings. The average Bonchev–Trinajstić information content (AvgIpc) is 2.81. The largest absolute Gasteiger partial charge is 0.474 e. The maximum atomic E-state index is 13.3. The fourth-order valence-electron chi connectivity index (χ4n) is 3.47. The molecular weight excluding hydrogens is 442 g/mol. The molecule has 0 bridgehead atoms. The molecule has 33 heavy (non-hydrogen) atoms. The van der Waals surface area contributed by atoms with Gasteiger partial charge in [-0.25, -0.2) is 14.4 Å². The number of amides is 1. The zero-order valence-electron chi connectivity index (χ0n) is 17.3. The molecular formula is C23H19F4N3O3.